The molecular weight excluding hydrogens is 140 g/mol. The third kappa shape index (κ3) is 1.38. The van der Waals surface area contributed by atoms with E-state index in [9.17, 15) is 4.79 Å². The van der Waals surface area contributed by atoms with Crippen molar-refractivity contribution in [3.05, 3.63) is 0 Å². The molecule has 62 valence electrons. The molecular formula is C8H14N2O. The number of piperidine rings is 2. The molecule has 0 aromatic heterocycles. The second kappa shape index (κ2) is 2.81. The first-order valence-corrected chi connectivity index (χ1v) is 4.39. The van der Waals surface area contributed by atoms with Crippen molar-refractivity contribution in [1.29, 1.82) is 0 Å². The first-order valence-electron chi connectivity index (χ1n) is 4.39. The van der Waals surface area contributed by atoms with Crippen molar-refractivity contribution in [3.63, 3.8) is 0 Å². The lowest BCUT2D eigenvalue weighted by atomic mass is 9.91. The van der Waals surface area contributed by atoms with Crippen LogP contribution in [0.25, 0.3) is 0 Å². The lowest BCUT2D eigenvalue weighted by molar-refractivity contribution is -0.124. The molecule has 2 heterocycles. The second-order valence-corrected chi connectivity index (χ2v) is 3.42. The van der Waals surface area contributed by atoms with Crippen molar-refractivity contribution in [3.8, 4) is 0 Å². The predicted molar refractivity (Wildman–Crippen MR) is 42.2 cm³/mol. The summed E-state index contributed by atoms with van der Waals surface area (Å²) in [4.78, 5) is 11.0. The molecule has 2 N–H and O–H groups in total. The molecule has 0 aromatic carbocycles. The van der Waals surface area contributed by atoms with Crippen molar-refractivity contribution in [1.82, 2.24) is 10.6 Å². The number of amides is 1. The third-order valence-corrected chi connectivity index (χ3v) is 2.61. The quantitative estimate of drug-likeness (QED) is 0.516. The summed E-state index contributed by atoms with van der Waals surface area (Å²) in [6, 6.07) is 0.978. The van der Waals surface area contributed by atoms with Gasteiger partial charge in [-0.25, -0.2) is 0 Å². The number of carbonyl (C=O) groups excluding carboxylic acids is 1. The fraction of sp³-hybridized carbons (Fsp3) is 0.875. The van der Waals surface area contributed by atoms with Crippen LogP contribution in [0.3, 0.4) is 0 Å². The number of carbonyl (C=O) groups is 1. The van der Waals surface area contributed by atoms with Crippen molar-refractivity contribution >= 4 is 5.91 Å². The fourth-order valence-electron chi connectivity index (χ4n) is 1.99. The fourth-order valence-corrected chi connectivity index (χ4v) is 1.99. The summed E-state index contributed by atoms with van der Waals surface area (Å²) in [5.74, 6) is 0.231. The Morgan fingerprint density at radius 3 is 3.09 bits per heavy atom. The van der Waals surface area contributed by atoms with E-state index < -0.39 is 0 Å². The van der Waals surface area contributed by atoms with Crippen LogP contribution in [0.15, 0.2) is 0 Å². The highest BCUT2D eigenvalue weighted by molar-refractivity contribution is 5.77. The summed E-state index contributed by atoms with van der Waals surface area (Å²) in [6.45, 7) is 1.12. The Hall–Kier alpha value is -0.570. The minimum Gasteiger partial charge on any atom is -0.352 e. The molecule has 1 amide bonds. The van der Waals surface area contributed by atoms with Gasteiger partial charge in [-0.2, -0.15) is 0 Å². The summed E-state index contributed by atoms with van der Waals surface area (Å²) < 4.78 is 0. The van der Waals surface area contributed by atoms with Crippen LogP contribution in [0.2, 0.25) is 0 Å². The highest BCUT2D eigenvalue weighted by atomic mass is 16.1. The molecule has 2 saturated heterocycles. The molecule has 0 bridgehead atoms. The Kier molecular flexibility index (Phi) is 1.82. The van der Waals surface area contributed by atoms with Crippen molar-refractivity contribution in [2.75, 3.05) is 6.54 Å². The van der Waals surface area contributed by atoms with Crippen LogP contribution in [0.5, 0.6) is 0 Å². The lowest BCUT2D eigenvalue weighted by Crippen LogP contribution is -2.56. The van der Waals surface area contributed by atoms with Gasteiger partial charge in [-0.05, 0) is 25.8 Å². The minimum absolute atomic E-state index is 0.231. The van der Waals surface area contributed by atoms with E-state index in [1.165, 1.54) is 6.42 Å². The zero-order valence-electron chi connectivity index (χ0n) is 6.60. The predicted octanol–water partition coefficient (Wildman–Crippen LogP) is 0.0170. The summed E-state index contributed by atoms with van der Waals surface area (Å²) in [5.41, 5.74) is 0. The zero-order chi connectivity index (χ0) is 7.68. The second-order valence-electron chi connectivity index (χ2n) is 3.42. The standard InChI is InChI=1S/C8H14N2O/c11-8-4-3-6-7(10-8)2-1-5-9-6/h6-7,9H,1-5H2,(H,10,11). The monoisotopic (exact) mass is 154 g/mol. The van der Waals surface area contributed by atoms with Gasteiger partial charge in [-0.1, -0.05) is 0 Å². The Labute approximate surface area is 66.5 Å². The van der Waals surface area contributed by atoms with Gasteiger partial charge >= 0.3 is 0 Å². The van der Waals surface area contributed by atoms with E-state index >= 15 is 0 Å². The molecule has 2 rings (SSSR count). The molecule has 2 aliphatic rings. The SMILES string of the molecule is O=C1CCC2NCCCC2N1. The van der Waals surface area contributed by atoms with Crippen LogP contribution < -0.4 is 10.6 Å². The van der Waals surface area contributed by atoms with E-state index in [2.05, 4.69) is 10.6 Å². The molecule has 0 aliphatic carbocycles. The molecule has 2 fully saturated rings. The first kappa shape index (κ1) is 7.10. The average Bonchev–Trinajstić information content (AvgIpc) is 2.04. The highest BCUT2D eigenvalue weighted by Gasteiger charge is 2.29. The third-order valence-electron chi connectivity index (χ3n) is 2.61. The van der Waals surface area contributed by atoms with Gasteiger partial charge in [-0.3, -0.25) is 4.79 Å². The normalized spacial score (nSPS) is 37.6. The van der Waals surface area contributed by atoms with Crippen LogP contribution in [0.4, 0.5) is 0 Å². The smallest absolute Gasteiger partial charge is 0.220 e. The van der Waals surface area contributed by atoms with Crippen LogP contribution in [0, 0.1) is 0 Å². The first-order chi connectivity index (χ1) is 5.36. The Balaban J connectivity index is 1.98. The summed E-state index contributed by atoms with van der Waals surface area (Å²) >= 11 is 0. The van der Waals surface area contributed by atoms with E-state index in [0.717, 1.165) is 19.4 Å². The summed E-state index contributed by atoms with van der Waals surface area (Å²) in [5, 5.41) is 6.44. The minimum atomic E-state index is 0.231. The lowest BCUT2D eigenvalue weighted by Gasteiger charge is -2.36. The molecule has 0 radical (unpaired) electrons. The molecule has 2 aliphatic heterocycles. The maximum Gasteiger partial charge on any atom is 0.220 e. The largest absolute Gasteiger partial charge is 0.352 e. The molecule has 0 aromatic rings. The Morgan fingerprint density at radius 1 is 1.27 bits per heavy atom. The van der Waals surface area contributed by atoms with Gasteiger partial charge in [0.1, 0.15) is 0 Å². The van der Waals surface area contributed by atoms with Gasteiger partial charge < -0.3 is 10.6 Å². The van der Waals surface area contributed by atoms with Crippen LogP contribution in [-0.4, -0.2) is 24.5 Å². The van der Waals surface area contributed by atoms with Gasteiger partial charge in [0.05, 0.1) is 0 Å². The van der Waals surface area contributed by atoms with Crippen molar-refractivity contribution in [2.45, 2.75) is 37.8 Å². The van der Waals surface area contributed by atoms with E-state index in [0.29, 0.717) is 18.5 Å². The molecule has 2 unspecified atom stereocenters. The van der Waals surface area contributed by atoms with E-state index in [-0.39, 0.29) is 5.91 Å². The maximum absolute atomic E-state index is 11.0. The van der Waals surface area contributed by atoms with Crippen LogP contribution >= 0.6 is 0 Å². The Bertz CT molecular complexity index is 169. The van der Waals surface area contributed by atoms with Gasteiger partial charge in [0.25, 0.3) is 0 Å². The number of hydrogen-bond donors (Lipinski definition) is 2. The molecule has 0 spiro atoms. The molecule has 0 saturated carbocycles. The van der Waals surface area contributed by atoms with Gasteiger partial charge in [0.2, 0.25) is 5.91 Å². The van der Waals surface area contributed by atoms with Gasteiger partial charge in [-0.15, -0.1) is 0 Å². The van der Waals surface area contributed by atoms with Crippen LogP contribution in [0.1, 0.15) is 25.7 Å². The maximum atomic E-state index is 11.0. The van der Waals surface area contributed by atoms with Crippen molar-refractivity contribution in [2.24, 2.45) is 0 Å². The zero-order valence-corrected chi connectivity index (χ0v) is 6.60. The topological polar surface area (TPSA) is 41.1 Å². The number of nitrogens with one attached hydrogen (secondary N) is 2. The van der Waals surface area contributed by atoms with Gasteiger partial charge in [0, 0.05) is 18.5 Å². The van der Waals surface area contributed by atoms with E-state index in [4.69, 9.17) is 0 Å². The number of rotatable bonds is 0. The van der Waals surface area contributed by atoms with E-state index in [1.54, 1.807) is 0 Å². The molecule has 11 heavy (non-hydrogen) atoms. The Morgan fingerprint density at radius 2 is 2.18 bits per heavy atom. The van der Waals surface area contributed by atoms with Crippen LogP contribution in [-0.2, 0) is 4.79 Å². The number of hydrogen-bond acceptors (Lipinski definition) is 2. The number of fused-ring (bicyclic) bond motifs is 1. The summed E-state index contributed by atoms with van der Waals surface area (Å²) in [6.07, 6.45) is 4.08. The molecule has 2 atom stereocenters. The van der Waals surface area contributed by atoms with Crippen molar-refractivity contribution < 1.29 is 4.79 Å². The molecule has 3 nitrogen and oxygen atoms in total. The molecule has 3 heteroatoms. The summed E-state index contributed by atoms with van der Waals surface area (Å²) in [7, 11) is 0. The average molecular weight is 154 g/mol. The van der Waals surface area contributed by atoms with E-state index in [1.807, 2.05) is 0 Å². The highest BCUT2D eigenvalue weighted by Crippen LogP contribution is 2.17. The van der Waals surface area contributed by atoms with Gasteiger partial charge in [0.15, 0.2) is 0 Å².